The number of morpholine rings is 1. The van der Waals surface area contributed by atoms with Gasteiger partial charge in [0.05, 0.1) is 13.7 Å². The van der Waals surface area contributed by atoms with Crippen LogP contribution >= 0.6 is 0 Å². The molecule has 2 rings (SSSR count). The molecule has 1 aliphatic rings. The molecule has 0 radical (unpaired) electrons. The largest absolute Gasteiger partial charge is 0.497 e. The number of aliphatic carboxylic acids is 1. The topological polar surface area (TPSA) is 76.1 Å². The van der Waals surface area contributed by atoms with Gasteiger partial charge < -0.3 is 19.5 Å². The molecular formula is C14H17NO5. The third kappa shape index (κ3) is 2.91. The van der Waals surface area contributed by atoms with E-state index in [-0.39, 0.29) is 19.1 Å². The maximum absolute atomic E-state index is 11.8. The van der Waals surface area contributed by atoms with Gasteiger partial charge in [0, 0.05) is 6.54 Å². The molecule has 0 bridgehead atoms. The zero-order chi connectivity index (χ0) is 14.8. The van der Waals surface area contributed by atoms with E-state index in [1.807, 2.05) is 24.3 Å². The summed E-state index contributed by atoms with van der Waals surface area (Å²) in [5.41, 5.74) is -0.473. The predicted octanol–water partition coefficient (Wildman–Crippen LogP) is 0.897. The van der Waals surface area contributed by atoms with Gasteiger partial charge in [0.15, 0.2) is 5.60 Å². The van der Waals surface area contributed by atoms with Gasteiger partial charge in [0.1, 0.15) is 12.4 Å². The van der Waals surface area contributed by atoms with E-state index in [1.165, 1.54) is 11.8 Å². The Morgan fingerprint density at radius 2 is 2.30 bits per heavy atom. The van der Waals surface area contributed by atoms with Crippen LogP contribution in [0.4, 0.5) is 0 Å². The fraction of sp³-hybridized carbons (Fsp3) is 0.429. The number of hydrogen-bond acceptors (Lipinski definition) is 4. The van der Waals surface area contributed by atoms with Gasteiger partial charge in [-0.15, -0.1) is 0 Å². The average Bonchev–Trinajstić information content (AvgIpc) is 2.43. The maximum atomic E-state index is 11.8. The Hall–Kier alpha value is -2.08. The van der Waals surface area contributed by atoms with Crippen molar-refractivity contribution in [1.82, 2.24) is 4.90 Å². The first kappa shape index (κ1) is 14.3. The van der Waals surface area contributed by atoms with Crippen LogP contribution in [0.25, 0.3) is 0 Å². The number of amides is 1. The lowest BCUT2D eigenvalue weighted by atomic mass is 10.0. The van der Waals surface area contributed by atoms with Crippen LogP contribution in [0.3, 0.4) is 0 Å². The summed E-state index contributed by atoms with van der Waals surface area (Å²) in [6.45, 7) is 1.62. The molecule has 108 valence electrons. The van der Waals surface area contributed by atoms with E-state index in [9.17, 15) is 9.59 Å². The molecular weight excluding hydrogens is 262 g/mol. The van der Waals surface area contributed by atoms with Crippen molar-refractivity contribution in [2.75, 3.05) is 20.3 Å². The number of carboxylic acids is 1. The van der Waals surface area contributed by atoms with Crippen LogP contribution in [0.15, 0.2) is 24.3 Å². The summed E-state index contributed by atoms with van der Waals surface area (Å²) >= 11 is 0. The molecule has 0 aliphatic carbocycles. The second-order valence-corrected chi connectivity index (χ2v) is 4.93. The summed E-state index contributed by atoms with van der Waals surface area (Å²) < 4.78 is 10.3. The number of rotatable bonds is 4. The first-order valence-electron chi connectivity index (χ1n) is 6.23. The Kier molecular flexibility index (Phi) is 3.94. The van der Waals surface area contributed by atoms with Crippen LogP contribution < -0.4 is 4.74 Å². The third-order valence-corrected chi connectivity index (χ3v) is 3.32. The molecule has 1 heterocycles. The fourth-order valence-corrected chi connectivity index (χ4v) is 2.07. The van der Waals surface area contributed by atoms with E-state index in [0.29, 0.717) is 12.3 Å². The Balaban J connectivity index is 2.14. The van der Waals surface area contributed by atoms with Crippen molar-refractivity contribution in [3.8, 4) is 5.75 Å². The van der Waals surface area contributed by atoms with E-state index >= 15 is 0 Å². The first-order valence-corrected chi connectivity index (χ1v) is 6.23. The molecule has 1 fully saturated rings. The molecule has 20 heavy (non-hydrogen) atoms. The smallest absolute Gasteiger partial charge is 0.337 e. The number of methoxy groups -OCH3 is 1. The minimum Gasteiger partial charge on any atom is -0.497 e. The number of benzene rings is 1. The van der Waals surface area contributed by atoms with Crippen molar-refractivity contribution in [3.05, 3.63) is 29.8 Å². The molecule has 1 aromatic rings. The van der Waals surface area contributed by atoms with Gasteiger partial charge in [-0.2, -0.15) is 0 Å². The highest BCUT2D eigenvalue weighted by Gasteiger charge is 2.42. The second-order valence-electron chi connectivity index (χ2n) is 4.93. The lowest BCUT2D eigenvalue weighted by Gasteiger charge is -2.37. The van der Waals surface area contributed by atoms with Crippen LogP contribution in [-0.2, 0) is 20.9 Å². The van der Waals surface area contributed by atoms with Gasteiger partial charge >= 0.3 is 5.97 Å². The highest BCUT2D eigenvalue weighted by atomic mass is 16.5. The molecule has 1 atom stereocenters. The normalized spacial score (nSPS) is 22.7. The first-order chi connectivity index (χ1) is 9.44. The number of carbonyl (C=O) groups excluding carboxylic acids is 1. The summed E-state index contributed by atoms with van der Waals surface area (Å²) in [6.07, 6.45) is 0. The predicted molar refractivity (Wildman–Crippen MR) is 70.4 cm³/mol. The number of nitrogens with zero attached hydrogens (tertiary/aromatic N) is 1. The summed E-state index contributed by atoms with van der Waals surface area (Å²) in [4.78, 5) is 24.5. The molecule has 1 aliphatic heterocycles. The number of ether oxygens (including phenoxy) is 2. The lowest BCUT2D eigenvalue weighted by molar-refractivity contribution is -0.182. The van der Waals surface area contributed by atoms with Crippen LogP contribution in [0.2, 0.25) is 0 Å². The molecule has 6 nitrogen and oxygen atoms in total. The third-order valence-electron chi connectivity index (χ3n) is 3.32. The number of hydrogen-bond donors (Lipinski definition) is 1. The molecule has 1 aromatic carbocycles. The van der Waals surface area contributed by atoms with Gasteiger partial charge in [0.25, 0.3) is 0 Å². The van der Waals surface area contributed by atoms with E-state index in [0.717, 1.165) is 5.56 Å². The van der Waals surface area contributed by atoms with Gasteiger partial charge in [-0.3, -0.25) is 4.79 Å². The second kappa shape index (κ2) is 5.50. The monoisotopic (exact) mass is 279 g/mol. The molecule has 0 aromatic heterocycles. The van der Waals surface area contributed by atoms with Crippen LogP contribution in [0.1, 0.15) is 12.5 Å². The SMILES string of the molecule is COc1cccc(CN2CC(C)(C(=O)O)OCC2=O)c1. The quantitative estimate of drug-likeness (QED) is 0.886. The zero-order valence-corrected chi connectivity index (χ0v) is 11.5. The van der Waals surface area contributed by atoms with Crippen molar-refractivity contribution < 1.29 is 24.2 Å². The Labute approximate surface area is 116 Å². The van der Waals surface area contributed by atoms with Crippen molar-refractivity contribution in [2.24, 2.45) is 0 Å². The van der Waals surface area contributed by atoms with E-state index < -0.39 is 11.6 Å². The molecule has 0 spiro atoms. The van der Waals surface area contributed by atoms with Gasteiger partial charge in [0.2, 0.25) is 5.91 Å². The summed E-state index contributed by atoms with van der Waals surface area (Å²) in [6, 6.07) is 7.33. The standard InChI is InChI=1S/C14H17NO5/c1-14(13(17)18)9-15(12(16)8-20-14)7-10-4-3-5-11(6-10)19-2/h3-6H,7-9H2,1-2H3,(H,17,18). The lowest BCUT2D eigenvalue weighted by Crippen LogP contribution is -2.56. The fourth-order valence-electron chi connectivity index (χ4n) is 2.07. The summed E-state index contributed by atoms with van der Waals surface area (Å²) in [5, 5.41) is 9.17. The molecule has 0 saturated carbocycles. The maximum Gasteiger partial charge on any atom is 0.337 e. The number of carbonyl (C=O) groups is 2. The summed E-state index contributed by atoms with van der Waals surface area (Å²) in [5.74, 6) is -0.587. The van der Waals surface area contributed by atoms with E-state index in [4.69, 9.17) is 14.6 Å². The van der Waals surface area contributed by atoms with Crippen molar-refractivity contribution in [2.45, 2.75) is 19.1 Å². The minimum atomic E-state index is -1.35. The summed E-state index contributed by atoms with van der Waals surface area (Å²) in [7, 11) is 1.57. The minimum absolute atomic E-state index is 0.0262. The van der Waals surface area contributed by atoms with Crippen LogP contribution in [0.5, 0.6) is 5.75 Å². The van der Waals surface area contributed by atoms with Gasteiger partial charge in [-0.1, -0.05) is 12.1 Å². The van der Waals surface area contributed by atoms with Crippen molar-refractivity contribution in [3.63, 3.8) is 0 Å². The zero-order valence-electron chi connectivity index (χ0n) is 11.5. The molecule has 1 unspecified atom stereocenters. The Morgan fingerprint density at radius 3 is 2.95 bits per heavy atom. The van der Waals surface area contributed by atoms with Crippen LogP contribution in [0, 0.1) is 0 Å². The van der Waals surface area contributed by atoms with Gasteiger partial charge in [-0.25, -0.2) is 4.79 Å². The van der Waals surface area contributed by atoms with E-state index in [2.05, 4.69) is 0 Å². The molecule has 6 heteroatoms. The Morgan fingerprint density at radius 1 is 1.55 bits per heavy atom. The molecule has 1 N–H and O–H groups in total. The highest BCUT2D eigenvalue weighted by molar-refractivity contribution is 5.83. The number of carboxylic acid groups (broad SMARTS) is 1. The Bertz CT molecular complexity index is 530. The molecule has 1 amide bonds. The van der Waals surface area contributed by atoms with Crippen LogP contribution in [-0.4, -0.2) is 47.7 Å². The van der Waals surface area contributed by atoms with Crippen molar-refractivity contribution >= 4 is 11.9 Å². The average molecular weight is 279 g/mol. The highest BCUT2D eigenvalue weighted by Crippen LogP contribution is 2.21. The van der Waals surface area contributed by atoms with Gasteiger partial charge in [-0.05, 0) is 24.6 Å². The molecule has 1 saturated heterocycles. The van der Waals surface area contributed by atoms with Crippen molar-refractivity contribution in [1.29, 1.82) is 0 Å². The van der Waals surface area contributed by atoms with E-state index in [1.54, 1.807) is 7.11 Å².